The second-order valence-corrected chi connectivity index (χ2v) is 20.6. The van der Waals surface area contributed by atoms with Crippen LogP contribution in [0.2, 0.25) is 0 Å². The van der Waals surface area contributed by atoms with Crippen molar-refractivity contribution < 1.29 is 28.6 Å². The molecule has 0 unspecified atom stereocenters. The van der Waals surface area contributed by atoms with Crippen molar-refractivity contribution in [2.45, 2.75) is 309 Å². The predicted octanol–water partition coefficient (Wildman–Crippen LogP) is 21.1. The third-order valence-electron chi connectivity index (χ3n) is 13.4. The Morgan fingerprint density at radius 2 is 0.534 bits per heavy atom. The van der Waals surface area contributed by atoms with E-state index in [1.807, 2.05) is 0 Å². The number of ether oxygens (including phenoxy) is 3. The number of hydrogen-bond acceptors (Lipinski definition) is 6. The van der Waals surface area contributed by atoms with Gasteiger partial charge in [-0.1, -0.05) is 273 Å². The van der Waals surface area contributed by atoms with Crippen LogP contribution in [-0.4, -0.2) is 37.2 Å². The van der Waals surface area contributed by atoms with Gasteiger partial charge in [-0.15, -0.1) is 0 Å². The van der Waals surface area contributed by atoms with E-state index in [1.54, 1.807) is 0 Å². The lowest BCUT2D eigenvalue weighted by molar-refractivity contribution is -0.167. The Morgan fingerprint density at radius 3 is 0.877 bits per heavy atom. The minimum Gasteiger partial charge on any atom is -0.462 e. The van der Waals surface area contributed by atoms with Crippen molar-refractivity contribution in [2.75, 3.05) is 13.2 Å². The van der Waals surface area contributed by atoms with Crippen molar-refractivity contribution in [1.82, 2.24) is 0 Å². The van der Waals surface area contributed by atoms with Crippen LogP contribution in [0.5, 0.6) is 0 Å². The van der Waals surface area contributed by atoms with Gasteiger partial charge in [-0.25, -0.2) is 0 Å². The van der Waals surface area contributed by atoms with E-state index in [0.717, 1.165) is 122 Å². The molecule has 0 radical (unpaired) electrons. The fraction of sp³-hybridized carbons (Fsp3) is 0.746. The second-order valence-electron chi connectivity index (χ2n) is 20.6. The average molecular weight is 1020 g/mol. The van der Waals surface area contributed by atoms with Crippen molar-refractivity contribution in [3.05, 3.63) is 85.1 Å². The number of rotatable bonds is 56. The summed E-state index contributed by atoms with van der Waals surface area (Å²) in [6, 6.07) is 0. The van der Waals surface area contributed by atoms with Gasteiger partial charge in [0, 0.05) is 19.3 Å². The summed E-state index contributed by atoms with van der Waals surface area (Å²) in [6.07, 6.45) is 80.1. The Labute approximate surface area is 452 Å². The molecule has 0 saturated carbocycles. The summed E-state index contributed by atoms with van der Waals surface area (Å²) in [5, 5.41) is 0. The Hall–Kier alpha value is -3.41. The van der Waals surface area contributed by atoms with Gasteiger partial charge in [-0.2, -0.15) is 0 Å². The van der Waals surface area contributed by atoms with Gasteiger partial charge in [-0.3, -0.25) is 14.4 Å². The Morgan fingerprint density at radius 1 is 0.288 bits per heavy atom. The van der Waals surface area contributed by atoms with Crippen molar-refractivity contribution in [3.63, 3.8) is 0 Å². The van der Waals surface area contributed by atoms with Crippen LogP contribution in [0, 0.1) is 0 Å². The Balaban J connectivity index is 4.42. The molecule has 6 nitrogen and oxygen atoms in total. The summed E-state index contributed by atoms with van der Waals surface area (Å²) < 4.78 is 16.9. The highest BCUT2D eigenvalue weighted by atomic mass is 16.6. The molecule has 1 atom stereocenters. The van der Waals surface area contributed by atoms with Crippen molar-refractivity contribution in [2.24, 2.45) is 0 Å². The summed E-state index contributed by atoms with van der Waals surface area (Å²) in [7, 11) is 0. The van der Waals surface area contributed by atoms with Gasteiger partial charge >= 0.3 is 17.9 Å². The first-order valence-electron chi connectivity index (χ1n) is 31.1. The normalized spacial score (nSPS) is 12.6. The lowest BCUT2D eigenvalue weighted by Crippen LogP contribution is -2.30. The molecule has 0 aliphatic heterocycles. The number of unbranched alkanes of at least 4 members (excludes halogenated alkanes) is 31. The van der Waals surface area contributed by atoms with E-state index in [9.17, 15) is 14.4 Å². The fourth-order valence-corrected chi connectivity index (χ4v) is 8.74. The van der Waals surface area contributed by atoms with Crippen molar-refractivity contribution in [1.29, 1.82) is 0 Å². The van der Waals surface area contributed by atoms with Crippen molar-refractivity contribution in [3.8, 4) is 0 Å². The van der Waals surface area contributed by atoms with Crippen LogP contribution in [0.3, 0.4) is 0 Å². The third kappa shape index (κ3) is 59.3. The maximum absolute atomic E-state index is 12.9. The minimum atomic E-state index is -0.796. The fourth-order valence-electron chi connectivity index (χ4n) is 8.74. The van der Waals surface area contributed by atoms with Crippen LogP contribution in [0.15, 0.2) is 85.1 Å². The monoisotopic (exact) mass is 1020 g/mol. The molecule has 0 heterocycles. The van der Waals surface area contributed by atoms with Crippen LogP contribution in [0.1, 0.15) is 303 Å². The zero-order valence-corrected chi connectivity index (χ0v) is 48.1. The summed E-state index contributed by atoms with van der Waals surface area (Å²) in [5.74, 6) is -0.926. The van der Waals surface area contributed by atoms with E-state index in [1.165, 1.54) is 141 Å². The van der Waals surface area contributed by atoms with Gasteiger partial charge in [0.05, 0.1) is 0 Å². The van der Waals surface area contributed by atoms with E-state index in [-0.39, 0.29) is 31.1 Å². The van der Waals surface area contributed by atoms with Gasteiger partial charge in [0.25, 0.3) is 0 Å². The minimum absolute atomic E-state index is 0.0926. The van der Waals surface area contributed by atoms with Gasteiger partial charge < -0.3 is 14.2 Å². The Kier molecular flexibility index (Phi) is 58.3. The standard InChI is InChI=1S/C67H116O6/c1-4-7-10-13-16-19-22-25-28-30-32-33-35-37-40-43-46-49-52-55-58-61-67(70)73-64(62-71-65(68)59-56-53-50-47-44-41-38-27-24-21-18-15-12-9-6-3)63-72-66(69)60-57-54-51-48-45-42-39-36-34-31-29-26-23-20-17-14-11-8-5-2/h8,11,17-18,20-21,26-27,29,34,36,38,42,45,64H,4-7,9-10,12-16,19,22-25,28,30-33,35,37,39-41,43-44,46-63H2,1-3H3/b11-8-,20-17-,21-18-,29-26-,36-34-,38-27-,45-42-/t64-/m0/s1. The van der Waals surface area contributed by atoms with Crippen LogP contribution in [-0.2, 0) is 28.6 Å². The quantitative estimate of drug-likeness (QED) is 0.0261. The zero-order chi connectivity index (χ0) is 52.9. The number of carbonyl (C=O) groups is 3. The zero-order valence-electron chi connectivity index (χ0n) is 48.1. The lowest BCUT2D eigenvalue weighted by Gasteiger charge is -2.18. The van der Waals surface area contributed by atoms with Crippen LogP contribution in [0.25, 0.3) is 0 Å². The molecule has 0 aliphatic rings. The highest BCUT2D eigenvalue weighted by Crippen LogP contribution is 2.17. The Bertz CT molecular complexity index is 1400. The molecule has 73 heavy (non-hydrogen) atoms. The molecule has 0 N–H and O–H groups in total. The molecule has 0 aromatic heterocycles. The first-order chi connectivity index (χ1) is 36.0. The largest absolute Gasteiger partial charge is 0.462 e. The molecule has 0 fully saturated rings. The van der Waals surface area contributed by atoms with E-state index >= 15 is 0 Å². The molecule has 0 spiro atoms. The van der Waals surface area contributed by atoms with Crippen LogP contribution >= 0.6 is 0 Å². The van der Waals surface area contributed by atoms with E-state index in [4.69, 9.17) is 14.2 Å². The van der Waals surface area contributed by atoms with Crippen LogP contribution < -0.4 is 0 Å². The molecule has 0 aromatic carbocycles. The molecule has 0 aromatic rings. The number of carbonyl (C=O) groups excluding carboxylic acids is 3. The third-order valence-corrected chi connectivity index (χ3v) is 13.4. The van der Waals surface area contributed by atoms with E-state index in [0.29, 0.717) is 19.3 Å². The van der Waals surface area contributed by atoms with E-state index in [2.05, 4.69) is 106 Å². The maximum Gasteiger partial charge on any atom is 0.306 e. The molecule has 6 heteroatoms. The molecule has 0 aliphatic carbocycles. The topological polar surface area (TPSA) is 78.9 Å². The van der Waals surface area contributed by atoms with Gasteiger partial charge in [-0.05, 0) is 96.3 Å². The molecule has 0 amide bonds. The molecule has 420 valence electrons. The smallest absolute Gasteiger partial charge is 0.306 e. The summed E-state index contributed by atoms with van der Waals surface area (Å²) in [6.45, 7) is 6.49. The molecule has 0 rings (SSSR count). The highest BCUT2D eigenvalue weighted by molar-refractivity contribution is 5.71. The first kappa shape index (κ1) is 69.6. The van der Waals surface area contributed by atoms with Gasteiger partial charge in [0.1, 0.15) is 13.2 Å². The number of allylic oxidation sites excluding steroid dienone is 14. The first-order valence-corrected chi connectivity index (χ1v) is 31.1. The predicted molar refractivity (Wildman–Crippen MR) is 316 cm³/mol. The summed E-state index contributed by atoms with van der Waals surface area (Å²) in [4.78, 5) is 38.3. The molecule has 0 bridgehead atoms. The van der Waals surface area contributed by atoms with Crippen molar-refractivity contribution >= 4 is 17.9 Å². The maximum atomic E-state index is 12.9. The number of esters is 3. The molecule has 0 saturated heterocycles. The van der Waals surface area contributed by atoms with Gasteiger partial charge in [0.2, 0.25) is 0 Å². The summed E-state index contributed by atoms with van der Waals surface area (Å²) in [5.41, 5.74) is 0. The number of hydrogen-bond donors (Lipinski definition) is 0. The van der Waals surface area contributed by atoms with E-state index < -0.39 is 6.10 Å². The van der Waals surface area contributed by atoms with Gasteiger partial charge in [0.15, 0.2) is 6.10 Å². The molecular weight excluding hydrogens is 901 g/mol. The summed E-state index contributed by atoms with van der Waals surface area (Å²) >= 11 is 0. The highest BCUT2D eigenvalue weighted by Gasteiger charge is 2.19. The van der Waals surface area contributed by atoms with Crippen LogP contribution in [0.4, 0.5) is 0 Å². The SMILES string of the molecule is CC/C=C\C/C=C\C/C=C\C/C=C\C/C=C\CCCCCC(=O)OC[C@H](COC(=O)CCCCCCC/C=C\C/C=C\CCCCC)OC(=O)CCCCCCCCCCCCCCCCCCCCCCC. The lowest BCUT2D eigenvalue weighted by atomic mass is 10.0. The second kappa shape index (κ2) is 61.1. The molecular formula is C67H116O6. The average Bonchev–Trinajstić information content (AvgIpc) is 3.39.